The van der Waals surface area contributed by atoms with Gasteiger partial charge in [0.15, 0.2) is 0 Å². The number of aliphatic hydroxyl groups excluding tert-OH is 1. The maximum atomic E-state index is 11.9. The highest BCUT2D eigenvalue weighted by Crippen LogP contribution is 2.14. The van der Waals surface area contributed by atoms with Crippen molar-refractivity contribution in [2.75, 3.05) is 6.61 Å². The molecule has 0 fully saturated rings. The van der Waals surface area contributed by atoms with Crippen LogP contribution in [0.2, 0.25) is 0 Å². The van der Waals surface area contributed by atoms with Crippen molar-refractivity contribution in [3.63, 3.8) is 0 Å². The highest BCUT2D eigenvalue weighted by molar-refractivity contribution is 7.86. The van der Waals surface area contributed by atoms with E-state index in [1.807, 2.05) is 0 Å². The van der Waals surface area contributed by atoms with Gasteiger partial charge in [0.2, 0.25) is 0 Å². The van der Waals surface area contributed by atoms with E-state index < -0.39 is 29.3 Å². The number of benzene rings is 1. The first kappa shape index (κ1) is 14.0. The largest absolute Gasteiger partial charge is 0.385 e. The first-order valence-electron chi connectivity index (χ1n) is 4.75. The van der Waals surface area contributed by atoms with Crippen LogP contribution in [0.5, 0.6) is 0 Å². The maximum absolute atomic E-state index is 11.9. The molecule has 0 heterocycles. The van der Waals surface area contributed by atoms with Crippen LogP contribution in [0.4, 0.5) is 8.78 Å². The van der Waals surface area contributed by atoms with Gasteiger partial charge >= 0.3 is 0 Å². The minimum Gasteiger partial charge on any atom is -0.385 e. The van der Waals surface area contributed by atoms with Crippen LogP contribution >= 0.6 is 0 Å². The molecule has 7 heteroatoms. The molecule has 0 aliphatic carbocycles. The lowest BCUT2D eigenvalue weighted by molar-refractivity contribution is -0.0271. The lowest BCUT2D eigenvalue weighted by Crippen LogP contribution is -2.25. The summed E-state index contributed by atoms with van der Waals surface area (Å²) in [6.45, 7) is 0.811. The summed E-state index contributed by atoms with van der Waals surface area (Å²) in [4.78, 5) is -0.135. The quantitative estimate of drug-likeness (QED) is 0.816. The minimum absolute atomic E-state index is 0.135. The fourth-order valence-corrected chi connectivity index (χ4v) is 1.93. The van der Waals surface area contributed by atoms with Crippen LogP contribution in [-0.2, 0) is 14.3 Å². The molecule has 1 rings (SSSR count). The Hall–Kier alpha value is -1.05. The van der Waals surface area contributed by atoms with Gasteiger partial charge in [-0.15, -0.1) is 0 Å². The molecule has 0 radical (unpaired) electrons. The fraction of sp³-hybridized carbons (Fsp3) is 0.400. The average Bonchev–Trinajstić information content (AvgIpc) is 2.26. The van der Waals surface area contributed by atoms with E-state index in [0.717, 1.165) is 5.56 Å². The molecule has 1 atom stereocenters. The van der Waals surface area contributed by atoms with Gasteiger partial charge < -0.3 is 5.11 Å². The molecule has 1 N–H and O–H groups in total. The van der Waals surface area contributed by atoms with E-state index in [4.69, 9.17) is 5.11 Å². The number of alkyl halides is 2. The Kier molecular flexibility index (Phi) is 4.55. The van der Waals surface area contributed by atoms with Crippen LogP contribution in [0.25, 0.3) is 0 Å². The van der Waals surface area contributed by atoms with E-state index in [0.29, 0.717) is 0 Å². The average molecular weight is 266 g/mol. The second-order valence-electron chi connectivity index (χ2n) is 3.45. The first-order valence-corrected chi connectivity index (χ1v) is 6.16. The summed E-state index contributed by atoms with van der Waals surface area (Å²) in [7, 11) is -4.10. The molecule has 0 saturated heterocycles. The van der Waals surface area contributed by atoms with Crippen molar-refractivity contribution in [1.82, 2.24) is 0 Å². The van der Waals surface area contributed by atoms with Gasteiger partial charge in [-0.1, -0.05) is 17.7 Å². The fourth-order valence-electron chi connectivity index (χ4n) is 1.01. The minimum atomic E-state index is -4.10. The molecular weight excluding hydrogens is 254 g/mol. The molecule has 0 unspecified atom stereocenters. The van der Waals surface area contributed by atoms with Crippen LogP contribution in [0.1, 0.15) is 5.56 Å². The van der Waals surface area contributed by atoms with E-state index in [2.05, 4.69) is 4.18 Å². The van der Waals surface area contributed by atoms with Crippen molar-refractivity contribution in [2.24, 2.45) is 0 Å². The van der Waals surface area contributed by atoms with Crippen LogP contribution < -0.4 is 0 Å². The lowest BCUT2D eigenvalue weighted by atomic mass is 10.2. The normalized spacial score (nSPS) is 13.9. The number of halogens is 2. The van der Waals surface area contributed by atoms with Gasteiger partial charge in [0.1, 0.15) is 6.10 Å². The topological polar surface area (TPSA) is 63.6 Å². The van der Waals surface area contributed by atoms with E-state index in [1.54, 1.807) is 19.1 Å². The maximum Gasteiger partial charge on any atom is 0.297 e. The van der Waals surface area contributed by atoms with Gasteiger partial charge in [0.25, 0.3) is 16.5 Å². The Bertz CT molecular complexity index is 456. The lowest BCUT2D eigenvalue weighted by Gasteiger charge is -2.10. The van der Waals surface area contributed by atoms with Crippen molar-refractivity contribution in [2.45, 2.75) is 24.3 Å². The molecular formula is C10H12F2O4S. The Morgan fingerprint density at radius 2 is 1.82 bits per heavy atom. The smallest absolute Gasteiger partial charge is 0.297 e. The van der Waals surface area contributed by atoms with Crippen molar-refractivity contribution >= 4 is 10.1 Å². The summed E-state index contributed by atoms with van der Waals surface area (Å²) < 4.78 is 51.2. The molecule has 0 aliphatic rings. The third-order valence-corrected chi connectivity index (χ3v) is 3.29. The van der Waals surface area contributed by atoms with Crippen molar-refractivity contribution in [1.29, 1.82) is 0 Å². The predicted molar refractivity (Wildman–Crippen MR) is 56.3 cm³/mol. The van der Waals surface area contributed by atoms with Crippen LogP contribution in [0, 0.1) is 6.92 Å². The van der Waals surface area contributed by atoms with Crippen LogP contribution in [0.15, 0.2) is 29.2 Å². The second-order valence-corrected chi connectivity index (χ2v) is 5.07. The number of rotatable bonds is 5. The van der Waals surface area contributed by atoms with Crippen LogP contribution in [-0.4, -0.2) is 32.7 Å². The monoisotopic (exact) mass is 266 g/mol. The number of aliphatic hydroxyl groups is 1. The Morgan fingerprint density at radius 1 is 1.29 bits per heavy atom. The van der Waals surface area contributed by atoms with E-state index in [9.17, 15) is 17.2 Å². The van der Waals surface area contributed by atoms with Gasteiger partial charge in [0, 0.05) is 0 Å². The summed E-state index contributed by atoms with van der Waals surface area (Å²) in [6, 6.07) is 5.72. The molecule has 0 bridgehead atoms. The van der Waals surface area contributed by atoms with Gasteiger partial charge in [-0.05, 0) is 19.1 Å². The molecule has 4 nitrogen and oxygen atoms in total. The molecule has 0 saturated carbocycles. The standard InChI is InChI=1S/C10H12F2O4S/c1-7-2-4-8(5-3-7)17(14,15)16-6-9(13)10(11)12/h2-5,9-10,13H,6H2,1H3/t9-/m1/s1. The number of hydrogen-bond donors (Lipinski definition) is 1. The van der Waals surface area contributed by atoms with Gasteiger partial charge in [-0.3, -0.25) is 4.18 Å². The van der Waals surface area contributed by atoms with Gasteiger partial charge in [0.05, 0.1) is 11.5 Å². The Labute approximate surface area is 98.0 Å². The first-order chi connectivity index (χ1) is 7.83. The Morgan fingerprint density at radius 3 is 2.29 bits per heavy atom. The zero-order chi connectivity index (χ0) is 13.1. The van der Waals surface area contributed by atoms with Crippen LogP contribution in [0.3, 0.4) is 0 Å². The van der Waals surface area contributed by atoms with Crippen molar-refractivity contribution < 1.29 is 26.5 Å². The zero-order valence-corrected chi connectivity index (χ0v) is 9.82. The molecule has 1 aromatic rings. The zero-order valence-electron chi connectivity index (χ0n) is 9.01. The second kappa shape index (κ2) is 5.52. The van der Waals surface area contributed by atoms with E-state index in [1.165, 1.54) is 12.1 Å². The predicted octanol–water partition coefficient (Wildman–Crippen LogP) is 1.33. The highest BCUT2D eigenvalue weighted by Gasteiger charge is 2.22. The molecule has 17 heavy (non-hydrogen) atoms. The van der Waals surface area contributed by atoms with E-state index >= 15 is 0 Å². The summed E-state index contributed by atoms with van der Waals surface area (Å²) in [5, 5.41) is 8.74. The molecule has 1 aromatic carbocycles. The summed E-state index contributed by atoms with van der Waals surface area (Å²) in [5.74, 6) is 0. The summed E-state index contributed by atoms with van der Waals surface area (Å²) in [5.41, 5.74) is 0.858. The third-order valence-electron chi connectivity index (χ3n) is 1.99. The number of hydrogen-bond acceptors (Lipinski definition) is 4. The molecule has 0 aromatic heterocycles. The molecule has 0 spiro atoms. The van der Waals surface area contributed by atoms with E-state index in [-0.39, 0.29) is 4.90 Å². The summed E-state index contributed by atoms with van der Waals surface area (Å²) in [6.07, 6.45) is -5.15. The SMILES string of the molecule is Cc1ccc(S(=O)(=O)OC[C@@H](O)C(F)F)cc1. The molecule has 0 aliphatic heterocycles. The number of aryl methyl sites for hydroxylation is 1. The molecule has 96 valence electrons. The van der Waals surface area contributed by atoms with Crippen molar-refractivity contribution in [3.8, 4) is 0 Å². The molecule has 0 amide bonds. The Balaban J connectivity index is 2.72. The summed E-state index contributed by atoms with van der Waals surface area (Å²) >= 11 is 0. The highest BCUT2D eigenvalue weighted by atomic mass is 32.2. The van der Waals surface area contributed by atoms with Gasteiger partial charge in [-0.2, -0.15) is 8.42 Å². The third kappa shape index (κ3) is 4.03. The van der Waals surface area contributed by atoms with Gasteiger partial charge in [-0.25, -0.2) is 8.78 Å². The van der Waals surface area contributed by atoms with Crippen molar-refractivity contribution in [3.05, 3.63) is 29.8 Å².